The zero-order chi connectivity index (χ0) is 15.8. The van der Waals surface area contributed by atoms with Crippen molar-refractivity contribution in [2.45, 2.75) is 32.7 Å². The molecule has 6 heteroatoms. The van der Waals surface area contributed by atoms with Gasteiger partial charge in [0, 0.05) is 18.5 Å². The van der Waals surface area contributed by atoms with Crippen LogP contribution >= 0.6 is 0 Å². The van der Waals surface area contributed by atoms with E-state index < -0.39 is 17.6 Å². The van der Waals surface area contributed by atoms with Crippen molar-refractivity contribution >= 4 is 17.7 Å². The number of fused-ring (bicyclic) bond motifs is 1. The van der Waals surface area contributed by atoms with E-state index in [4.69, 9.17) is 0 Å². The van der Waals surface area contributed by atoms with Gasteiger partial charge >= 0.3 is 0 Å². The molecule has 1 aromatic rings. The number of nitrogens with one attached hydrogen (secondary N) is 1. The SMILES string of the molecule is CC(C)(C)NC(=O)CCN1C(=O)c2cccc(F)c2C1=O. The molecule has 1 aliphatic heterocycles. The summed E-state index contributed by atoms with van der Waals surface area (Å²) in [6.07, 6.45) is -0.00957. The van der Waals surface area contributed by atoms with E-state index in [9.17, 15) is 18.8 Å². The zero-order valence-electron chi connectivity index (χ0n) is 12.2. The first-order valence-corrected chi connectivity index (χ1v) is 6.66. The third-order valence-corrected chi connectivity index (χ3v) is 3.03. The minimum atomic E-state index is -0.715. The molecule has 0 atom stereocenters. The van der Waals surface area contributed by atoms with Gasteiger partial charge in [0.15, 0.2) is 0 Å². The molecule has 0 aromatic heterocycles. The minimum absolute atomic E-state index is 0.00957. The van der Waals surface area contributed by atoms with E-state index in [0.29, 0.717) is 0 Å². The first-order chi connectivity index (χ1) is 9.70. The summed E-state index contributed by atoms with van der Waals surface area (Å²) in [6, 6.07) is 3.93. The summed E-state index contributed by atoms with van der Waals surface area (Å²) >= 11 is 0. The lowest BCUT2D eigenvalue weighted by Gasteiger charge is -2.21. The lowest BCUT2D eigenvalue weighted by molar-refractivity contribution is -0.122. The van der Waals surface area contributed by atoms with Crippen molar-refractivity contribution < 1.29 is 18.8 Å². The van der Waals surface area contributed by atoms with E-state index in [1.165, 1.54) is 12.1 Å². The lowest BCUT2D eigenvalue weighted by atomic mass is 10.1. The number of nitrogens with zero attached hydrogens (tertiary/aromatic N) is 1. The molecule has 0 aliphatic carbocycles. The first kappa shape index (κ1) is 15.2. The van der Waals surface area contributed by atoms with Crippen molar-refractivity contribution in [3.8, 4) is 0 Å². The van der Waals surface area contributed by atoms with Gasteiger partial charge in [-0.1, -0.05) is 6.07 Å². The molecule has 0 bridgehead atoms. The van der Waals surface area contributed by atoms with Crippen molar-refractivity contribution in [3.63, 3.8) is 0 Å². The molecule has 3 amide bonds. The summed E-state index contributed by atoms with van der Waals surface area (Å²) in [5.41, 5.74) is -0.541. The van der Waals surface area contributed by atoms with Crippen LogP contribution in [-0.4, -0.2) is 34.7 Å². The Morgan fingerprint density at radius 3 is 2.48 bits per heavy atom. The molecule has 2 rings (SSSR count). The van der Waals surface area contributed by atoms with E-state index in [2.05, 4.69) is 5.32 Å². The zero-order valence-corrected chi connectivity index (χ0v) is 12.2. The number of benzene rings is 1. The number of amides is 3. The Labute approximate surface area is 122 Å². The second-order valence-electron chi connectivity index (χ2n) is 5.97. The quantitative estimate of drug-likeness (QED) is 0.863. The first-order valence-electron chi connectivity index (χ1n) is 6.66. The smallest absolute Gasteiger partial charge is 0.264 e. The predicted octanol–water partition coefficient (Wildman–Crippen LogP) is 1.73. The summed E-state index contributed by atoms with van der Waals surface area (Å²) in [7, 11) is 0. The van der Waals surface area contributed by atoms with Crippen LogP contribution in [0.25, 0.3) is 0 Å². The number of carbonyl (C=O) groups excluding carboxylic acids is 3. The topological polar surface area (TPSA) is 66.5 Å². The van der Waals surface area contributed by atoms with Gasteiger partial charge in [-0.2, -0.15) is 0 Å². The Balaban J connectivity index is 2.08. The van der Waals surface area contributed by atoms with Gasteiger partial charge < -0.3 is 5.32 Å². The fourth-order valence-corrected chi connectivity index (χ4v) is 2.19. The van der Waals surface area contributed by atoms with Crippen LogP contribution in [0.2, 0.25) is 0 Å². The van der Waals surface area contributed by atoms with Crippen LogP contribution in [0.1, 0.15) is 47.9 Å². The highest BCUT2D eigenvalue weighted by Crippen LogP contribution is 2.25. The number of rotatable bonds is 3. The van der Waals surface area contributed by atoms with E-state index in [0.717, 1.165) is 11.0 Å². The van der Waals surface area contributed by atoms with Crippen molar-refractivity contribution in [3.05, 3.63) is 35.1 Å². The van der Waals surface area contributed by atoms with Gasteiger partial charge in [0.2, 0.25) is 5.91 Å². The monoisotopic (exact) mass is 292 g/mol. The summed E-state index contributed by atoms with van der Waals surface area (Å²) in [5, 5.41) is 2.74. The number of imide groups is 1. The van der Waals surface area contributed by atoms with E-state index in [-0.39, 0.29) is 35.5 Å². The van der Waals surface area contributed by atoms with Gasteiger partial charge in [-0.05, 0) is 32.9 Å². The maximum atomic E-state index is 13.6. The summed E-state index contributed by atoms with van der Waals surface area (Å²) in [6.45, 7) is 5.45. The highest BCUT2D eigenvalue weighted by molar-refractivity contribution is 6.21. The standard InChI is InChI=1S/C15H17FN2O3/c1-15(2,3)17-11(19)7-8-18-13(20)9-5-4-6-10(16)12(9)14(18)21/h4-6H,7-8H2,1-3H3,(H,17,19). The highest BCUT2D eigenvalue weighted by Gasteiger charge is 2.37. The fraction of sp³-hybridized carbons (Fsp3) is 0.400. The Morgan fingerprint density at radius 2 is 1.90 bits per heavy atom. The molecular formula is C15H17FN2O3. The molecule has 0 saturated carbocycles. The number of hydrogen-bond acceptors (Lipinski definition) is 3. The molecule has 1 aromatic carbocycles. The van der Waals surface area contributed by atoms with Gasteiger partial charge in [0.05, 0.1) is 11.1 Å². The third-order valence-electron chi connectivity index (χ3n) is 3.03. The number of hydrogen-bond donors (Lipinski definition) is 1. The van der Waals surface area contributed by atoms with Gasteiger partial charge in [0.1, 0.15) is 5.82 Å². The average Bonchev–Trinajstić information content (AvgIpc) is 2.59. The van der Waals surface area contributed by atoms with Crippen molar-refractivity contribution in [2.24, 2.45) is 0 Å². The second-order valence-corrected chi connectivity index (χ2v) is 5.97. The van der Waals surface area contributed by atoms with Crippen molar-refractivity contribution in [2.75, 3.05) is 6.54 Å². The normalized spacial score (nSPS) is 14.4. The molecule has 21 heavy (non-hydrogen) atoms. The molecule has 112 valence electrons. The van der Waals surface area contributed by atoms with Gasteiger partial charge in [-0.15, -0.1) is 0 Å². The molecular weight excluding hydrogens is 275 g/mol. The Kier molecular flexibility index (Phi) is 3.80. The van der Waals surface area contributed by atoms with Crippen LogP contribution in [-0.2, 0) is 4.79 Å². The highest BCUT2D eigenvalue weighted by atomic mass is 19.1. The van der Waals surface area contributed by atoms with E-state index in [1.54, 1.807) is 0 Å². The van der Waals surface area contributed by atoms with Crippen LogP contribution in [0.3, 0.4) is 0 Å². The molecule has 1 heterocycles. The van der Waals surface area contributed by atoms with Crippen LogP contribution in [0, 0.1) is 5.82 Å². The van der Waals surface area contributed by atoms with Crippen LogP contribution in [0.4, 0.5) is 4.39 Å². The number of carbonyl (C=O) groups is 3. The fourth-order valence-electron chi connectivity index (χ4n) is 2.19. The maximum absolute atomic E-state index is 13.6. The average molecular weight is 292 g/mol. The van der Waals surface area contributed by atoms with Crippen molar-refractivity contribution in [1.29, 1.82) is 0 Å². The van der Waals surface area contributed by atoms with Crippen LogP contribution in [0.5, 0.6) is 0 Å². The van der Waals surface area contributed by atoms with Crippen molar-refractivity contribution in [1.82, 2.24) is 10.2 Å². The minimum Gasteiger partial charge on any atom is -0.351 e. The predicted molar refractivity (Wildman–Crippen MR) is 74.3 cm³/mol. The van der Waals surface area contributed by atoms with Gasteiger partial charge in [0.25, 0.3) is 11.8 Å². The largest absolute Gasteiger partial charge is 0.351 e. The number of halogens is 1. The van der Waals surface area contributed by atoms with Crippen LogP contribution in [0.15, 0.2) is 18.2 Å². The molecule has 0 unspecified atom stereocenters. The van der Waals surface area contributed by atoms with E-state index >= 15 is 0 Å². The summed E-state index contributed by atoms with van der Waals surface area (Å²) < 4.78 is 13.6. The molecule has 0 fully saturated rings. The van der Waals surface area contributed by atoms with Gasteiger partial charge in [-0.25, -0.2) is 4.39 Å². The molecule has 1 aliphatic rings. The third kappa shape index (κ3) is 3.09. The second kappa shape index (κ2) is 5.27. The summed E-state index contributed by atoms with van der Waals surface area (Å²) in [5.74, 6) is -2.22. The Bertz CT molecular complexity index is 620. The molecule has 0 spiro atoms. The van der Waals surface area contributed by atoms with Crippen LogP contribution < -0.4 is 5.32 Å². The van der Waals surface area contributed by atoms with Gasteiger partial charge in [-0.3, -0.25) is 19.3 Å². The Morgan fingerprint density at radius 1 is 1.24 bits per heavy atom. The maximum Gasteiger partial charge on any atom is 0.264 e. The molecule has 0 saturated heterocycles. The Hall–Kier alpha value is -2.24. The lowest BCUT2D eigenvalue weighted by Crippen LogP contribution is -2.42. The molecule has 5 nitrogen and oxygen atoms in total. The molecule has 0 radical (unpaired) electrons. The molecule has 1 N–H and O–H groups in total. The van der Waals surface area contributed by atoms with E-state index in [1.807, 2.05) is 20.8 Å². The summed E-state index contributed by atoms with van der Waals surface area (Å²) in [4.78, 5) is 36.8.